The van der Waals surface area contributed by atoms with Crippen molar-refractivity contribution in [2.75, 3.05) is 13.2 Å². The van der Waals surface area contributed by atoms with Crippen molar-refractivity contribution in [1.82, 2.24) is 5.32 Å². The van der Waals surface area contributed by atoms with E-state index >= 15 is 0 Å². The number of nitrogens with one attached hydrogen (secondary N) is 1. The molecule has 1 aliphatic carbocycles. The molecule has 1 atom stereocenters. The van der Waals surface area contributed by atoms with E-state index in [2.05, 4.69) is 23.5 Å². The van der Waals surface area contributed by atoms with Gasteiger partial charge in [-0.15, -0.1) is 0 Å². The van der Waals surface area contributed by atoms with Gasteiger partial charge in [0.2, 0.25) is 0 Å². The Morgan fingerprint density at radius 3 is 2.76 bits per heavy atom. The van der Waals surface area contributed by atoms with Gasteiger partial charge in [-0.3, -0.25) is 0 Å². The molecule has 2 N–H and O–H groups in total. The van der Waals surface area contributed by atoms with E-state index in [4.69, 9.17) is 5.11 Å². The molecule has 1 aromatic carbocycles. The van der Waals surface area contributed by atoms with Gasteiger partial charge in [0.15, 0.2) is 0 Å². The maximum atomic E-state index is 8.93. The molecule has 0 heterocycles. The number of rotatable bonds is 5. The molecule has 0 saturated heterocycles. The Morgan fingerprint density at radius 2 is 2.00 bits per heavy atom. The standard InChI is InChI=1S/C15H23NO/c1-12(11-17)16-9-8-13-6-7-14-4-2-3-5-15(14)10-13/h6-7,10,12,16-17H,2-5,8-9,11H2,1H3. The maximum Gasteiger partial charge on any atom is 0.0581 e. The van der Waals surface area contributed by atoms with E-state index in [1.54, 1.807) is 11.1 Å². The second kappa shape index (κ2) is 6.18. The normalized spacial score (nSPS) is 16.6. The average Bonchev–Trinajstić information content (AvgIpc) is 2.38. The van der Waals surface area contributed by atoms with Crippen LogP contribution in [0.25, 0.3) is 0 Å². The zero-order valence-electron chi connectivity index (χ0n) is 10.7. The molecule has 2 heteroatoms. The summed E-state index contributed by atoms with van der Waals surface area (Å²) < 4.78 is 0. The minimum atomic E-state index is 0.202. The Labute approximate surface area is 104 Å². The monoisotopic (exact) mass is 233 g/mol. The van der Waals surface area contributed by atoms with E-state index in [1.165, 1.54) is 31.2 Å². The quantitative estimate of drug-likeness (QED) is 0.816. The van der Waals surface area contributed by atoms with Crippen molar-refractivity contribution in [3.8, 4) is 0 Å². The third-order valence-corrected chi connectivity index (χ3v) is 3.59. The molecule has 1 aromatic rings. The average molecular weight is 233 g/mol. The van der Waals surface area contributed by atoms with Crippen LogP contribution in [0.2, 0.25) is 0 Å². The largest absolute Gasteiger partial charge is 0.395 e. The van der Waals surface area contributed by atoms with Gasteiger partial charge in [-0.05, 0) is 62.3 Å². The van der Waals surface area contributed by atoms with E-state index in [1.807, 2.05) is 6.92 Å². The number of benzene rings is 1. The minimum Gasteiger partial charge on any atom is -0.395 e. The Bertz CT molecular complexity index is 362. The molecule has 0 saturated carbocycles. The molecule has 0 aliphatic heterocycles. The van der Waals surface area contributed by atoms with Crippen molar-refractivity contribution in [3.05, 3.63) is 34.9 Å². The number of aryl methyl sites for hydroxylation is 2. The Balaban J connectivity index is 1.89. The molecule has 0 aromatic heterocycles. The van der Waals surface area contributed by atoms with Crippen LogP contribution < -0.4 is 5.32 Å². The lowest BCUT2D eigenvalue weighted by Gasteiger charge is -2.17. The lowest BCUT2D eigenvalue weighted by molar-refractivity contribution is 0.252. The van der Waals surface area contributed by atoms with Gasteiger partial charge in [0.25, 0.3) is 0 Å². The lowest BCUT2D eigenvalue weighted by Crippen LogP contribution is -2.31. The smallest absolute Gasteiger partial charge is 0.0581 e. The molecule has 2 rings (SSSR count). The molecule has 0 bridgehead atoms. The molecule has 94 valence electrons. The Kier molecular flexibility index (Phi) is 4.57. The highest BCUT2D eigenvalue weighted by molar-refractivity contribution is 5.33. The van der Waals surface area contributed by atoms with Crippen LogP contribution in [0.1, 0.15) is 36.5 Å². The first-order valence-electron chi connectivity index (χ1n) is 6.74. The first-order valence-corrected chi connectivity index (χ1v) is 6.74. The van der Waals surface area contributed by atoms with Crippen LogP contribution in [0.5, 0.6) is 0 Å². The summed E-state index contributed by atoms with van der Waals surface area (Å²) in [5.74, 6) is 0. The Morgan fingerprint density at radius 1 is 1.24 bits per heavy atom. The summed E-state index contributed by atoms with van der Waals surface area (Å²) >= 11 is 0. The van der Waals surface area contributed by atoms with Gasteiger partial charge in [0, 0.05) is 6.04 Å². The molecule has 1 aliphatic rings. The van der Waals surface area contributed by atoms with Crippen LogP contribution in [-0.2, 0) is 19.3 Å². The third-order valence-electron chi connectivity index (χ3n) is 3.59. The van der Waals surface area contributed by atoms with Crippen molar-refractivity contribution in [2.45, 2.75) is 45.1 Å². The summed E-state index contributed by atoms with van der Waals surface area (Å²) in [4.78, 5) is 0. The van der Waals surface area contributed by atoms with Gasteiger partial charge < -0.3 is 10.4 Å². The molecule has 0 spiro atoms. The van der Waals surface area contributed by atoms with E-state index in [-0.39, 0.29) is 12.6 Å². The predicted molar refractivity (Wildman–Crippen MR) is 71.3 cm³/mol. The van der Waals surface area contributed by atoms with Gasteiger partial charge in [0.05, 0.1) is 6.61 Å². The topological polar surface area (TPSA) is 32.3 Å². The number of aliphatic hydroxyl groups is 1. The summed E-state index contributed by atoms with van der Waals surface area (Å²) in [6.45, 7) is 3.16. The number of hydrogen-bond donors (Lipinski definition) is 2. The third kappa shape index (κ3) is 3.55. The van der Waals surface area contributed by atoms with Crippen molar-refractivity contribution in [3.63, 3.8) is 0 Å². The molecule has 0 amide bonds. The lowest BCUT2D eigenvalue weighted by atomic mass is 9.90. The predicted octanol–water partition coefficient (Wildman–Crippen LogP) is 2.08. The Hall–Kier alpha value is -0.860. The van der Waals surface area contributed by atoms with Crippen molar-refractivity contribution >= 4 is 0 Å². The SMILES string of the molecule is CC(CO)NCCc1ccc2c(c1)CCCC2. The highest BCUT2D eigenvalue weighted by Gasteiger charge is 2.09. The summed E-state index contributed by atoms with van der Waals surface area (Å²) in [6.07, 6.45) is 6.26. The zero-order chi connectivity index (χ0) is 12.1. The summed E-state index contributed by atoms with van der Waals surface area (Å²) in [6, 6.07) is 7.14. The summed E-state index contributed by atoms with van der Waals surface area (Å²) in [7, 11) is 0. The molecule has 0 fully saturated rings. The first kappa shape index (κ1) is 12.6. The molecular weight excluding hydrogens is 210 g/mol. The van der Waals surface area contributed by atoms with Gasteiger partial charge in [-0.2, -0.15) is 0 Å². The van der Waals surface area contributed by atoms with E-state index < -0.39 is 0 Å². The van der Waals surface area contributed by atoms with E-state index in [0.717, 1.165) is 13.0 Å². The van der Waals surface area contributed by atoms with Crippen LogP contribution in [0.15, 0.2) is 18.2 Å². The van der Waals surface area contributed by atoms with E-state index in [0.29, 0.717) is 0 Å². The van der Waals surface area contributed by atoms with Crippen LogP contribution in [-0.4, -0.2) is 24.3 Å². The fourth-order valence-corrected chi connectivity index (χ4v) is 2.47. The van der Waals surface area contributed by atoms with Gasteiger partial charge >= 0.3 is 0 Å². The van der Waals surface area contributed by atoms with Gasteiger partial charge in [-0.25, -0.2) is 0 Å². The fourth-order valence-electron chi connectivity index (χ4n) is 2.47. The highest BCUT2D eigenvalue weighted by atomic mass is 16.3. The van der Waals surface area contributed by atoms with Crippen LogP contribution in [0.3, 0.4) is 0 Å². The van der Waals surface area contributed by atoms with Crippen molar-refractivity contribution in [1.29, 1.82) is 0 Å². The van der Waals surface area contributed by atoms with Crippen LogP contribution >= 0.6 is 0 Å². The summed E-state index contributed by atoms with van der Waals surface area (Å²) in [5.41, 5.74) is 4.53. The molecule has 1 unspecified atom stereocenters. The molecular formula is C15H23NO. The zero-order valence-corrected chi connectivity index (χ0v) is 10.7. The van der Waals surface area contributed by atoms with Crippen LogP contribution in [0.4, 0.5) is 0 Å². The minimum absolute atomic E-state index is 0.202. The molecule has 2 nitrogen and oxygen atoms in total. The number of fused-ring (bicyclic) bond motifs is 1. The van der Waals surface area contributed by atoms with Crippen LogP contribution in [0, 0.1) is 0 Å². The maximum absolute atomic E-state index is 8.93. The second-order valence-electron chi connectivity index (χ2n) is 5.10. The fraction of sp³-hybridized carbons (Fsp3) is 0.600. The number of hydrogen-bond acceptors (Lipinski definition) is 2. The van der Waals surface area contributed by atoms with Crippen molar-refractivity contribution in [2.24, 2.45) is 0 Å². The first-order chi connectivity index (χ1) is 8.29. The number of aliphatic hydroxyl groups excluding tert-OH is 1. The summed E-state index contributed by atoms with van der Waals surface area (Å²) in [5, 5.41) is 12.2. The van der Waals surface area contributed by atoms with Gasteiger partial charge in [-0.1, -0.05) is 18.2 Å². The highest BCUT2D eigenvalue weighted by Crippen LogP contribution is 2.22. The molecule has 0 radical (unpaired) electrons. The van der Waals surface area contributed by atoms with Crippen molar-refractivity contribution < 1.29 is 5.11 Å². The molecule has 17 heavy (non-hydrogen) atoms. The van der Waals surface area contributed by atoms with E-state index in [9.17, 15) is 0 Å². The second-order valence-corrected chi connectivity index (χ2v) is 5.10. The van der Waals surface area contributed by atoms with Gasteiger partial charge in [0.1, 0.15) is 0 Å².